The molecule has 1 rings (SSSR count). The number of ether oxygens (including phenoxy) is 1. The molecule has 0 bridgehead atoms. The Morgan fingerprint density at radius 2 is 1.89 bits per heavy atom. The number of rotatable bonds is 9. The predicted molar refractivity (Wildman–Crippen MR) is 78.2 cm³/mol. The number of para-hydroxylation sites is 1. The summed E-state index contributed by atoms with van der Waals surface area (Å²) < 4.78 is 5.90. The molecule has 0 amide bonds. The summed E-state index contributed by atoms with van der Waals surface area (Å²) >= 11 is 0. The number of hydrogen-bond donors (Lipinski definition) is 1. The van der Waals surface area contributed by atoms with Gasteiger partial charge in [0, 0.05) is 11.6 Å². The fourth-order valence-electron chi connectivity index (χ4n) is 1.97. The van der Waals surface area contributed by atoms with E-state index in [0.29, 0.717) is 6.04 Å². The van der Waals surface area contributed by atoms with Gasteiger partial charge in [-0.15, -0.1) is 0 Å². The zero-order chi connectivity index (χ0) is 13.2. The van der Waals surface area contributed by atoms with Crippen LogP contribution < -0.4 is 10.1 Å². The molecule has 1 aromatic carbocycles. The van der Waals surface area contributed by atoms with E-state index >= 15 is 0 Å². The number of hydrogen-bond acceptors (Lipinski definition) is 2. The van der Waals surface area contributed by atoms with E-state index in [0.717, 1.165) is 31.7 Å². The van der Waals surface area contributed by atoms with Crippen molar-refractivity contribution in [3.63, 3.8) is 0 Å². The van der Waals surface area contributed by atoms with Crippen LogP contribution in [0.2, 0.25) is 0 Å². The van der Waals surface area contributed by atoms with Crippen molar-refractivity contribution in [2.45, 2.75) is 52.5 Å². The molecule has 1 aromatic rings. The highest BCUT2D eigenvalue weighted by Crippen LogP contribution is 2.24. The average Bonchev–Trinajstić information content (AvgIpc) is 2.41. The summed E-state index contributed by atoms with van der Waals surface area (Å²) in [5.41, 5.74) is 1.27. The first-order valence-corrected chi connectivity index (χ1v) is 7.24. The van der Waals surface area contributed by atoms with Crippen molar-refractivity contribution < 1.29 is 4.74 Å². The summed E-state index contributed by atoms with van der Waals surface area (Å²) in [7, 11) is 0. The molecular formula is C16H27NO. The van der Waals surface area contributed by atoms with Crippen molar-refractivity contribution in [3.05, 3.63) is 29.8 Å². The van der Waals surface area contributed by atoms with E-state index in [-0.39, 0.29) is 0 Å². The Balaban J connectivity index is 2.55. The molecule has 0 fully saturated rings. The second kappa shape index (κ2) is 8.98. The topological polar surface area (TPSA) is 21.3 Å². The first-order valence-electron chi connectivity index (χ1n) is 7.24. The summed E-state index contributed by atoms with van der Waals surface area (Å²) in [5, 5.41) is 3.51. The molecule has 2 nitrogen and oxygen atoms in total. The van der Waals surface area contributed by atoms with E-state index in [1.54, 1.807) is 0 Å². The van der Waals surface area contributed by atoms with Gasteiger partial charge in [0.1, 0.15) is 5.75 Å². The maximum absolute atomic E-state index is 5.90. The highest BCUT2D eigenvalue weighted by molar-refractivity contribution is 5.35. The molecule has 0 aliphatic carbocycles. The van der Waals surface area contributed by atoms with E-state index < -0.39 is 0 Å². The van der Waals surface area contributed by atoms with Gasteiger partial charge in [0.05, 0.1) is 6.61 Å². The Bertz CT molecular complexity index is 325. The van der Waals surface area contributed by atoms with Crippen molar-refractivity contribution in [2.24, 2.45) is 0 Å². The maximum Gasteiger partial charge on any atom is 0.124 e. The molecule has 1 N–H and O–H groups in total. The molecule has 1 atom stereocenters. The van der Waals surface area contributed by atoms with E-state index in [4.69, 9.17) is 4.74 Å². The molecule has 0 spiro atoms. The van der Waals surface area contributed by atoms with Gasteiger partial charge in [0.2, 0.25) is 0 Å². The largest absolute Gasteiger partial charge is 0.493 e. The number of benzene rings is 1. The van der Waals surface area contributed by atoms with E-state index in [9.17, 15) is 0 Å². The van der Waals surface area contributed by atoms with Crippen LogP contribution in [-0.2, 0) is 0 Å². The molecule has 1 unspecified atom stereocenters. The first-order chi connectivity index (χ1) is 8.79. The Kier molecular flexibility index (Phi) is 7.51. The third-order valence-electron chi connectivity index (χ3n) is 3.09. The lowest BCUT2D eigenvalue weighted by Gasteiger charge is -2.18. The fraction of sp³-hybridized carbons (Fsp3) is 0.625. The second-order valence-corrected chi connectivity index (χ2v) is 4.77. The monoisotopic (exact) mass is 249 g/mol. The molecule has 102 valence electrons. The maximum atomic E-state index is 5.90. The molecule has 2 heteroatoms. The molecule has 0 aliphatic rings. The van der Waals surface area contributed by atoms with Gasteiger partial charge >= 0.3 is 0 Å². The quantitative estimate of drug-likeness (QED) is 0.658. The van der Waals surface area contributed by atoms with Crippen LogP contribution in [-0.4, -0.2) is 13.2 Å². The van der Waals surface area contributed by atoms with Gasteiger partial charge in [0.25, 0.3) is 0 Å². The minimum absolute atomic E-state index is 0.354. The van der Waals surface area contributed by atoms with Gasteiger partial charge in [0.15, 0.2) is 0 Å². The molecule has 0 aromatic heterocycles. The van der Waals surface area contributed by atoms with Gasteiger partial charge in [-0.05, 0) is 32.4 Å². The van der Waals surface area contributed by atoms with Crippen molar-refractivity contribution >= 4 is 0 Å². The lowest BCUT2D eigenvalue weighted by atomic mass is 10.1. The lowest BCUT2D eigenvalue weighted by Crippen LogP contribution is -2.20. The van der Waals surface area contributed by atoms with Crippen LogP contribution in [0, 0.1) is 0 Å². The van der Waals surface area contributed by atoms with E-state index in [1.165, 1.54) is 18.4 Å². The molecule has 0 saturated heterocycles. The summed E-state index contributed by atoms with van der Waals surface area (Å²) in [5.74, 6) is 1.03. The zero-order valence-corrected chi connectivity index (χ0v) is 12.0. The second-order valence-electron chi connectivity index (χ2n) is 4.77. The highest BCUT2D eigenvalue weighted by Gasteiger charge is 2.09. The van der Waals surface area contributed by atoms with Crippen LogP contribution in [0.4, 0.5) is 0 Å². The van der Waals surface area contributed by atoms with Gasteiger partial charge in [-0.2, -0.15) is 0 Å². The van der Waals surface area contributed by atoms with Gasteiger partial charge in [-0.25, -0.2) is 0 Å². The predicted octanol–water partition coefficient (Wildman–Crippen LogP) is 4.32. The highest BCUT2D eigenvalue weighted by atomic mass is 16.5. The van der Waals surface area contributed by atoms with Crippen molar-refractivity contribution in [1.82, 2.24) is 5.32 Å². The summed E-state index contributed by atoms with van der Waals surface area (Å²) in [6, 6.07) is 8.71. The van der Waals surface area contributed by atoms with Crippen LogP contribution in [0.1, 0.15) is 58.1 Å². The van der Waals surface area contributed by atoms with Gasteiger partial charge < -0.3 is 10.1 Å². The third kappa shape index (κ3) is 5.09. The molecule has 0 saturated carbocycles. The van der Waals surface area contributed by atoms with Crippen LogP contribution in [0.25, 0.3) is 0 Å². The molecule has 0 heterocycles. The van der Waals surface area contributed by atoms with Crippen molar-refractivity contribution in [2.75, 3.05) is 13.2 Å². The van der Waals surface area contributed by atoms with E-state index in [2.05, 4.69) is 44.3 Å². The minimum Gasteiger partial charge on any atom is -0.493 e. The third-order valence-corrected chi connectivity index (χ3v) is 3.09. The summed E-state index contributed by atoms with van der Waals surface area (Å²) in [6.45, 7) is 8.47. The van der Waals surface area contributed by atoms with E-state index in [1.807, 2.05) is 6.07 Å². The standard InChI is InChI=1S/C16H27NO/c1-4-6-9-13-18-16-11-8-7-10-15(16)14(3)17-12-5-2/h7-8,10-11,14,17H,4-6,9,12-13H2,1-3H3. The van der Waals surface area contributed by atoms with Crippen LogP contribution in [0.3, 0.4) is 0 Å². The Morgan fingerprint density at radius 3 is 2.61 bits per heavy atom. The Morgan fingerprint density at radius 1 is 1.11 bits per heavy atom. The zero-order valence-electron chi connectivity index (χ0n) is 12.0. The number of unbranched alkanes of at least 4 members (excludes halogenated alkanes) is 2. The van der Waals surface area contributed by atoms with Gasteiger partial charge in [-0.3, -0.25) is 0 Å². The molecule has 18 heavy (non-hydrogen) atoms. The number of nitrogens with one attached hydrogen (secondary N) is 1. The fourth-order valence-corrected chi connectivity index (χ4v) is 1.97. The molecular weight excluding hydrogens is 222 g/mol. The van der Waals surface area contributed by atoms with Crippen LogP contribution in [0.5, 0.6) is 5.75 Å². The van der Waals surface area contributed by atoms with Crippen molar-refractivity contribution in [3.8, 4) is 5.75 Å². The minimum atomic E-state index is 0.354. The first kappa shape index (κ1) is 15.0. The van der Waals surface area contributed by atoms with Crippen molar-refractivity contribution in [1.29, 1.82) is 0 Å². The summed E-state index contributed by atoms with van der Waals surface area (Å²) in [6.07, 6.45) is 4.77. The SMILES string of the molecule is CCCCCOc1ccccc1C(C)NCCC. The molecule has 0 aliphatic heterocycles. The Hall–Kier alpha value is -1.02. The smallest absolute Gasteiger partial charge is 0.124 e. The Labute approximate surface area is 112 Å². The van der Waals surface area contributed by atoms with Gasteiger partial charge in [-0.1, -0.05) is 44.9 Å². The van der Waals surface area contributed by atoms with Crippen LogP contribution in [0.15, 0.2) is 24.3 Å². The molecule has 0 radical (unpaired) electrons. The van der Waals surface area contributed by atoms with Crippen LogP contribution >= 0.6 is 0 Å². The lowest BCUT2D eigenvalue weighted by molar-refractivity contribution is 0.300. The summed E-state index contributed by atoms with van der Waals surface area (Å²) in [4.78, 5) is 0. The normalized spacial score (nSPS) is 12.4. The average molecular weight is 249 g/mol.